The van der Waals surface area contributed by atoms with Crippen molar-refractivity contribution >= 4 is 15.9 Å². The fourth-order valence-electron chi connectivity index (χ4n) is 0.802. The minimum Gasteiger partial charge on any atom is -0.273 e. The van der Waals surface area contributed by atoms with Gasteiger partial charge in [-0.15, -0.1) is 5.10 Å². The zero-order valence-corrected chi connectivity index (χ0v) is 8.18. The Morgan fingerprint density at radius 1 is 1.36 bits per heavy atom. The van der Waals surface area contributed by atoms with E-state index in [1.54, 1.807) is 0 Å². The molecule has 1 rings (SSSR count). The Hall–Kier alpha value is -0.450. The number of hydrogen-bond acceptors (Lipinski definition) is 2. The van der Waals surface area contributed by atoms with E-state index in [2.05, 4.69) is 26.1 Å². The van der Waals surface area contributed by atoms with Crippen LogP contribution in [0.3, 0.4) is 0 Å². The van der Waals surface area contributed by atoms with Crippen LogP contribution in [0.5, 0.6) is 0 Å². The summed E-state index contributed by atoms with van der Waals surface area (Å²) < 4.78 is 14.7. The van der Waals surface area contributed by atoms with Crippen molar-refractivity contribution in [3.05, 3.63) is 10.8 Å². The second-order valence-corrected chi connectivity index (χ2v) is 3.95. The summed E-state index contributed by atoms with van der Waals surface area (Å²) >= 11 is 3.10. The Morgan fingerprint density at radius 3 is 2.09 bits per heavy atom. The zero-order chi connectivity index (χ0) is 8.65. The highest BCUT2D eigenvalue weighted by molar-refractivity contribution is 9.10. The lowest BCUT2D eigenvalue weighted by Crippen LogP contribution is -2.23. The van der Waals surface area contributed by atoms with Gasteiger partial charge in [0.05, 0.1) is 0 Å². The van der Waals surface area contributed by atoms with Gasteiger partial charge >= 0.3 is 6.08 Å². The molecule has 0 amide bonds. The maximum absolute atomic E-state index is 12.9. The van der Waals surface area contributed by atoms with Crippen molar-refractivity contribution < 1.29 is 4.39 Å². The molecule has 0 saturated carbocycles. The van der Waals surface area contributed by atoms with E-state index in [9.17, 15) is 4.39 Å². The highest BCUT2D eigenvalue weighted by Gasteiger charge is 2.21. The second-order valence-electron chi connectivity index (χ2n) is 3.24. The van der Waals surface area contributed by atoms with Gasteiger partial charge in [-0.1, -0.05) is 5.10 Å². The lowest BCUT2D eigenvalue weighted by Gasteiger charge is -2.20. The molecule has 0 radical (unpaired) electrons. The molecular formula is C6H9BrFN3. The van der Waals surface area contributed by atoms with Crippen molar-refractivity contribution in [2.24, 2.45) is 0 Å². The van der Waals surface area contributed by atoms with Crippen LogP contribution in [0.15, 0.2) is 4.73 Å². The van der Waals surface area contributed by atoms with Crippen LogP contribution in [0.25, 0.3) is 0 Å². The Labute approximate surface area is 72.8 Å². The van der Waals surface area contributed by atoms with E-state index < -0.39 is 6.08 Å². The van der Waals surface area contributed by atoms with Crippen molar-refractivity contribution in [3.8, 4) is 0 Å². The summed E-state index contributed by atoms with van der Waals surface area (Å²) in [5.41, 5.74) is -0.327. The molecule has 0 aromatic carbocycles. The van der Waals surface area contributed by atoms with Crippen LogP contribution in [0.1, 0.15) is 20.8 Å². The molecule has 11 heavy (non-hydrogen) atoms. The van der Waals surface area contributed by atoms with Gasteiger partial charge in [-0.25, -0.2) is 0 Å². The van der Waals surface area contributed by atoms with Gasteiger partial charge < -0.3 is 0 Å². The van der Waals surface area contributed by atoms with Crippen molar-refractivity contribution in [1.82, 2.24) is 14.8 Å². The van der Waals surface area contributed by atoms with Crippen molar-refractivity contribution in [2.45, 2.75) is 26.3 Å². The third-order valence-electron chi connectivity index (χ3n) is 1.25. The first kappa shape index (κ1) is 8.64. The van der Waals surface area contributed by atoms with E-state index in [0.717, 1.165) is 0 Å². The predicted molar refractivity (Wildman–Crippen MR) is 42.7 cm³/mol. The summed E-state index contributed by atoms with van der Waals surface area (Å²) in [6.45, 7) is 5.64. The molecule has 0 aliphatic heterocycles. The van der Waals surface area contributed by atoms with E-state index in [-0.39, 0.29) is 5.54 Å². The molecule has 1 aromatic heterocycles. The minimum atomic E-state index is -0.565. The van der Waals surface area contributed by atoms with E-state index in [4.69, 9.17) is 0 Å². The van der Waals surface area contributed by atoms with E-state index in [1.807, 2.05) is 20.8 Å². The van der Waals surface area contributed by atoms with Crippen LogP contribution in [-0.2, 0) is 5.54 Å². The maximum Gasteiger partial charge on any atom is 0.310 e. The highest BCUT2D eigenvalue weighted by Crippen LogP contribution is 2.20. The first-order valence-electron chi connectivity index (χ1n) is 3.20. The number of hydrogen-bond donors (Lipinski definition) is 0. The molecule has 0 fully saturated rings. The SMILES string of the molecule is CC(C)(C)n1c(F)nnc1Br. The summed E-state index contributed by atoms with van der Waals surface area (Å²) in [5, 5.41) is 6.82. The quantitative estimate of drug-likeness (QED) is 0.671. The summed E-state index contributed by atoms with van der Waals surface area (Å²) in [6.07, 6.45) is -0.565. The molecule has 5 heteroatoms. The average molecular weight is 222 g/mol. The smallest absolute Gasteiger partial charge is 0.273 e. The molecule has 0 unspecified atom stereocenters. The number of rotatable bonds is 0. The van der Waals surface area contributed by atoms with E-state index >= 15 is 0 Å². The molecule has 1 heterocycles. The molecule has 0 atom stereocenters. The maximum atomic E-state index is 12.9. The predicted octanol–water partition coefficient (Wildman–Crippen LogP) is 1.93. The monoisotopic (exact) mass is 221 g/mol. The standard InChI is InChI=1S/C6H9BrFN3/c1-6(2,3)11-4(7)9-10-5(11)8/h1-3H3. The molecule has 0 aliphatic carbocycles. The third kappa shape index (κ3) is 1.58. The fraction of sp³-hybridized carbons (Fsp3) is 0.667. The second kappa shape index (κ2) is 2.55. The number of halogens is 2. The highest BCUT2D eigenvalue weighted by atomic mass is 79.9. The first-order chi connectivity index (χ1) is 4.93. The van der Waals surface area contributed by atoms with Gasteiger partial charge in [0, 0.05) is 5.54 Å². The first-order valence-corrected chi connectivity index (χ1v) is 3.99. The van der Waals surface area contributed by atoms with Crippen LogP contribution in [0.4, 0.5) is 4.39 Å². The minimum absolute atomic E-state index is 0.327. The van der Waals surface area contributed by atoms with Gasteiger partial charge in [0.2, 0.25) is 4.73 Å². The van der Waals surface area contributed by atoms with Gasteiger partial charge in [-0.3, -0.25) is 4.57 Å². The number of aromatic nitrogens is 3. The van der Waals surface area contributed by atoms with E-state index in [1.165, 1.54) is 4.57 Å². The Balaban J connectivity index is 3.21. The topological polar surface area (TPSA) is 30.7 Å². The Kier molecular flexibility index (Phi) is 2.00. The van der Waals surface area contributed by atoms with Crippen molar-refractivity contribution in [1.29, 1.82) is 0 Å². The molecule has 0 N–H and O–H groups in total. The summed E-state index contributed by atoms with van der Waals surface area (Å²) in [4.78, 5) is 0. The lowest BCUT2D eigenvalue weighted by atomic mass is 10.1. The third-order valence-corrected chi connectivity index (χ3v) is 1.77. The summed E-state index contributed by atoms with van der Waals surface area (Å²) in [5.74, 6) is 0. The molecule has 3 nitrogen and oxygen atoms in total. The largest absolute Gasteiger partial charge is 0.310 e. The van der Waals surface area contributed by atoms with Crippen LogP contribution in [-0.4, -0.2) is 14.8 Å². The van der Waals surface area contributed by atoms with Crippen LogP contribution >= 0.6 is 15.9 Å². The molecule has 0 saturated heterocycles. The van der Waals surface area contributed by atoms with Gasteiger partial charge in [-0.2, -0.15) is 4.39 Å². The van der Waals surface area contributed by atoms with Crippen LogP contribution < -0.4 is 0 Å². The normalized spacial score (nSPS) is 12.1. The van der Waals surface area contributed by atoms with Crippen molar-refractivity contribution in [2.75, 3.05) is 0 Å². The summed E-state index contributed by atoms with van der Waals surface area (Å²) in [6, 6.07) is 0. The molecule has 0 aliphatic rings. The molecule has 62 valence electrons. The lowest BCUT2D eigenvalue weighted by molar-refractivity contribution is 0.321. The molecule has 0 bridgehead atoms. The fourth-order valence-corrected chi connectivity index (χ4v) is 1.56. The Bertz CT molecular complexity index is 244. The van der Waals surface area contributed by atoms with Crippen LogP contribution in [0.2, 0.25) is 0 Å². The molecule has 0 spiro atoms. The van der Waals surface area contributed by atoms with Crippen LogP contribution in [0, 0.1) is 6.08 Å². The van der Waals surface area contributed by atoms with Gasteiger partial charge in [0.1, 0.15) is 0 Å². The molecule has 1 aromatic rings. The average Bonchev–Trinajstić information content (AvgIpc) is 2.08. The van der Waals surface area contributed by atoms with E-state index in [0.29, 0.717) is 4.73 Å². The Morgan fingerprint density at radius 2 is 1.91 bits per heavy atom. The van der Waals surface area contributed by atoms with Crippen molar-refractivity contribution in [3.63, 3.8) is 0 Å². The number of nitrogens with zero attached hydrogens (tertiary/aromatic N) is 3. The van der Waals surface area contributed by atoms with Gasteiger partial charge in [0.15, 0.2) is 0 Å². The van der Waals surface area contributed by atoms with Gasteiger partial charge in [0.25, 0.3) is 0 Å². The van der Waals surface area contributed by atoms with Gasteiger partial charge in [-0.05, 0) is 36.7 Å². The zero-order valence-electron chi connectivity index (χ0n) is 6.60. The molecular weight excluding hydrogens is 213 g/mol. The summed E-state index contributed by atoms with van der Waals surface area (Å²) in [7, 11) is 0.